The Bertz CT molecular complexity index is 944. The van der Waals surface area contributed by atoms with Crippen LogP contribution in [0.25, 0.3) is 0 Å². The van der Waals surface area contributed by atoms with Crippen LogP contribution < -0.4 is 0 Å². The highest BCUT2D eigenvalue weighted by atomic mass is 16.6. The first-order valence-corrected chi connectivity index (χ1v) is 18.5. The summed E-state index contributed by atoms with van der Waals surface area (Å²) in [5.41, 5.74) is 0. The fourth-order valence-corrected chi connectivity index (χ4v) is 8.61. The number of hydrogen-bond donors (Lipinski definition) is 0. The van der Waals surface area contributed by atoms with Gasteiger partial charge in [0.1, 0.15) is 12.2 Å². The quantitative estimate of drug-likeness (QED) is 0.238. The zero-order valence-corrected chi connectivity index (χ0v) is 29.9. The summed E-state index contributed by atoms with van der Waals surface area (Å²) in [6.45, 7) is 14.8. The molecule has 0 N–H and O–H groups in total. The Kier molecular flexibility index (Phi) is 13.6. The molecule has 4 fully saturated rings. The Balaban J connectivity index is 1.55. The monoisotopic (exact) mass is 635 g/mol. The molecule has 8 nitrogen and oxygen atoms in total. The van der Waals surface area contributed by atoms with E-state index in [9.17, 15) is 9.59 Å². The minimum absolute atomic E-state index is 0.0191. The van der Waals surface area contributed by atoms with Gasteiger partial charge in [0.25, 0.3) is 0 Å². The van der Waals surface area contributed by atoms with Crippen molar-refractivity contribution in [1.82, 2.24) is 4.90 Å². The standard InChI is InChI=1S/C37H65NO7/c1-10-13-26(38(8)9)21-27-15-16-31(41-27)23(5)35-24(6)32-19-20-34(43-32)28(12-3)37(40)44-29(14-11-2)22(4)30-17-18-33(42-30)25(7)36(39)45-35/h22-35H,10-21H2,1-9H3/t22-,23+,24+,25-,26+,27-,28+,29-,30-,31+,32-,33+,34+,35-/m0/s1. The third kappa shape index (κ3) is 8.83. The molecule has 4 aliphatic rings. The molecule has 14 atom stereocenters. The van der Waals surface area contributed by atoms with Gasteiger partial charge < -0.3 is 28.6 Å². The van der Waals surface area contributed by atoms with Gasteiger partial charge in [0.15, 0.2) is 0 Å². The lowest BCUT2D eigenvalue weighted by Gasteiger charge is -2.37. The second kappa shape index (κ2) is 16.7. The van der Waals surface area contributed by atoms with Crippen LogP contribution in [0.1, 0.15) is 126 Å². The van der Waals surface area contributed by atoms with Gasteiger partial charge in [0.2, 0.25) is 0 Å². The largest absolute Gasteiger partial charge is 0.462 e. The van der Waals surface area contributed by atoms with E-state index >= 15 is 0 Å². The van der Waals surface area contributed by atoms with E-state index in [2.05, 4.69) is 60.5 Å². The van der Waals surface area contributed by atoms with Crippen LogP contribution in [0.5, 0.6) is 0 Å². The number of carbonyl (C=O) groups excluding carboxylic acids is 2. The van der Waals surface area contributed by atoms with Crippen molar-refractivity contribution in [2.45, 2.75) is 180 Å². The van der Waals surface area contributed by atoms with Crippen LogP contribution in [-0.2, 0) is 33.3 Å². The molecule has 0 unspecified atom stereocenters. The van der Waals surface area contributed by atoms with Crippen molar-refractivity contribution in [1.29, 1.82) is 0 Å². The fourth-order valence-electron chi connectivity index (χ4n) is 8.61. The highest BCUT2D eigenvalue weighted by molar-refractivity contribution is 5.73. The van der Waals surface area contributed by atoms with Crippen molar-refractivity contribution >= 4 is 11.9 Å². The van der Waals surface area contributed by atoms with E-state index in [1.807, 2.05) is 6.92 Å². The maximum absolute atomic E-state index is 13.9. The first-order chi connectivity index (χ1) is 21.5. The van der Waals surface area contributed by atoms with E-state index in [-0.39, 0.29) is 90.4 Å². The molecule has 0 spiro atoms. The number of esters is 2. The van der Waals surface area contributed by atoms with Crippen LogP contribution in [-0.4, -0.2) is 85.8 Å². The highest BCUT2D eigenvalue weighted by Crippen LogP contribution is 2.40. The van der Waals surface area contributed by atoms with Crippen molar-refractivity contribution < 1.29 is 33.3 Å². The molecule has 4 bridgehead atoms. The van der Waals surface area contributed by atoms with Gasteiger partial charge in [0, 0.05) is 23.8 Å². The molecule has 45 heavy (non-hydrogen) atoms. The average molecular weight is 636 g/mol. The fraction of sp³-hybridized carbons (Fsp3) is 0.946. The summed E-state index contributed by atoms with van der Waals surface area (Å²) in [7, 11) is 4.32. The Morgan fingerprint density at radius 2 is 1.40 bits per heavy atom. The number of ether oxygens (including phenoxy) is 5. The summed E-state index contributed by atoms with van der Waals surface area (Å²) >= 11 is 0. The van der Waals surface area contributed by atoms with E-state index in [0.29, 0.717) is 12.5 Å². The van der Waals surface area contributed by atoms with Gasteiger partial charge in [0.05, 0.1) is 48.5 Å². The third-order valence-electron chi connectivity index (χ3n) is 11.8. The summed E-state index contributed by atoms with van der Waals surface area (Å²) in [5, 5.41) is 0. The zero-order valence-electron chi connectivity index (χ0n) is 29.9. The average Bonchev–Trinajstić information content (AvgIpc) is 3.79. The molecule has 0 radical (unpaired) electrons. The van der Waals surface area contributed by atoms with Crippen molar-refractivity contribution in [3.05, 3.63) is 0 Å². The topological polar surface area (TPSA) is 83.5 Å². The highest BCUT2D eigenvalue weighted by Gasteiger charge is 2.47. The van der Waals surface area contributed by atoms with Gasteiger partial charge in [-0.25, -0.2) is 0 Å². The molecule has 0 aromatic carbocycles. The molecule has 0 aliphatic carbocycles. The number of cyclic esters (lactones) is 2. The molecule has 4 rings (SSSR count). The SMILES string of the molecule is CCC[C@H](C[C@@H]1CC[C@H]([C@@H](C)[C@@H]2OC(=O)[C@@H](C)[C@H]3CC[C@H](O3)[C@@H](C)[C@H](CCC)OC(=O)[C@H](CC)[C@H]3CC[C@H](O3)[C@H]2C)O1)N(C)C. The van der Waals surface area contributed by atoms with E-state index < -0.39 is 0 Å². The predicted molar refractivity (Wildman–Crippen MR) is 176 cm³/mol. The Hall–Kier alpha value is -1.22. The third-order valence-corrected chi connectivity index (χ3v) is 11.8. The van der Waals surface area contributed by atoms with Crippen LogP contribution in [0, 0.1) is 29.6 Å². The predicted octanol–water partition coefficient (Wildman–Crippen LogP) is 6.96. The molecular formula is C37H65NO7. The van der Waals surface area contributed by atoms with Crippen LogP contribution in [0.15, 0.2) is 0 Å². The normalized spacial score (nSPS) is 41.2. The summed E-state index contributed by atoms with van der Waals surface area (Å²) in [5.74, 6) is -0.976. The van der Waals surface area contributed by atoms with Crippen molar-refractivity contribution in [3.8, 4) is 0 Å². The van der Waals surface area contributed by atoms with E-state index in [4.69, 9.17) is 23.7 Å². The molecule has 260 valence electrons. The molecule has 0 amide bonds. The maximum Gasteiger partial charge on any atom is 0.311 e. The number of hydrogen-bond acceptors (Lipinski definition) is 8. The lowest BCUT2D eigenvalue weighted by Crippen LogP contribution is -2.45. The first kappa shape index (κ1) is 36.6. The molecule has 4 aliphatic heterocycles. The molecule has 0 saturated carbocycles. The molecule has 0 aromatic rings. The molecular weight excluding hydrogens is 570 g/mol. The molecule has 4 heterocycles. The second-order valence-corrected chi connectivity index (χ2v) is 15.1. The van der Waals surface area contributed by atoms with Gasteiger partial charge in [-0.05, 0) is 85.2 Å². The minimum atomic E-state index is -0.377. The van der Waals surface area contributed by atoms with E-state index in [0.717, 1.165) is 70.6 Å². The molecule has 4 saturated heterocycles. The number of fused-ring (bicyclic) bond motifs is 4. The second-order valence-electron chi connectivity index (χ2n) is 15.1. The van der Waals surface area contributed by atoms with Gasteiger partial charge in [-0.1, -0.05) is 54.4 Å². The number of nitrogens with zero attached hydrogens (tertiary/aromatic N) is 1. The summed E-state index contributed by atoms with van der Waals surface area (Å²) in [6, 6.07) is 0.506. The molecule has 0 aromatic heterocycles. The molecule has 8 heteroatoms. The smallest absolute Gasteiger partial charge is 0.311 e. The van der Waals surface area contributed by atoms with Gasteiger partial charge >= 0.3 is 11.9 Å². The number of rotatable bonds is 10. The van der Waals surface area contributed by atoms with Crippen LogP contribution in [0.2, 0.25) is 0 Å². The van der Waals surface area contributed by atoms with Crippen molar-refractivity contribution in [2.24, 2.45) is 29.6 Å². The van der Waals surface area contributed by atoms with Crippen molar-refractivity contribution in [2.75, 3.05) is 14.1 Å². The van der Waals surface area contributed by atoms with Gasteiger partial charge in [-0.3, -0.25) is 9.59 Å². The van der Waals surface area contributed by atoms with Crippen LogP contribution in [0.3, 0.4) is 0 Å². The lowest BCUT2D eigenvalue weighted by molar-refractivity contribution is -0.177. The van der Waals surface area contributed by atoms with Crippen LogP contribution in [0.4, 0.5) is 0 Å². The minimum Gasteiger partial charge on any atom is -0.462 e. The maximum atomic E-state index is 13.9. The van der Waals surface area contributed by atoms with E-state index in [1.54, 1.807) is 0 Å². The first-order valence-electron chi connectivity index (χ1n) is 18.5. The van der Waals surface area contributed by atoms with Gasteiger partial charge in [-0.2, -0.15) is 0 Å². The van der Waals surface area contributed by atoms with Crippen molar-refractivity contribution in [3.63, 3.8) is 0 Å². The summed E-state index contributed by atoms with van der Waals surface area (Å²) in [4.78, 5) is 29.8. The Morgan fingerprint density at radius 1 is 0.756 bits per heavy atom. The summed E-state index contributed by atoms with van der Waals surface area (Å²) < 4.78 is 32.8. The Labute approximate surface area is 274 Å². The van der Waals surface area contributed by atoms with Gasteiger partial charge in [-0.15, -0.1) is 0 Å². The van der Waals surface area contributed by atoms with E-state index in [1.165, 1.54) is 0 Å². The number of carbonyl (C=O) groups is 2. The Morgan fingerprint density at radius 3 is 2.04 bits per heavy atom. The summed E-state index contributed by atoms with van der Waals surface area (Å²) in [6.07, 6.45) is 10.2. The van der Waals surface area contributed by atoms with Crippen LogP contribution >= 0.6 is 0 Å². The zero-order chi connectivity index (χ0) is 32.8. The lowest BCUT2D eigenvalue weighted by atomic mass is 9.84.